The van der Waals surface area contributed by atoms with Crippen molar-refractivity contribution >= 4 is 11.9 Å². The molecule has 6 unspecified atom stereocenters. The molecule has 0 aromatic heterocycles. The van der Waals surface area contributed by atoms with Gasteiger partial charge in [0.2, 0.25) is 0 Å². The summed E-state index contributed by atoms with van der Waals surface area (Å²) in [5, 5.41) is 0. The minimum Gasteiger partial charge on any atom is -0.393 e. The van der Waals surface area contributed by atoms with E-state index in [0.29, 0.717) is 0 Å². The minimum absolute atomic E-state index is 0.146. The lowest BCUT2D eigenvalue weighted by Crippen LogP contribution is -2.21. The molecule has 0 amide bonds. The Kier molecular flexibility index (Phi) is 3.44. The number of rotatable bonds is 0. The Balaban J connectivity index is 0.000000116. The summed E-state index contributed by atoms with van der Waals surface area (Å²) in [6.45, 7) is 4.25. The van der Waals surface area contributed by atoms with Gasteiger partial charge in [0.1, 0.15) is 0 Å². The van der Waals surface area contributed by atoms with Crippen LogP contribution in [0.5, 0.6) is 0 Å². The Morgan fingerprint density at radius 2 is 1.64 bits per heavy atom. The predicted molar refractivity (Wildman–Crippen MR) is 79.6 cm³/mol. The number of hydrogen-bond acceptors (Lipinski definition) is 4. The van der Waals surface area contributed by atoms with Crippen LogP contribution in [-0.4, -0.2) is 25.2 Å². The van der Waals surface area contributed by atoms with Crippen LogP contribution in [0.4, 0.5) is 0 Å². The monoisotopic (exact) mass is 302 g/mol. The summed E-state index contributed by atoms with van der Waals surface area (Å²) in [5.74, 6) is 1.36. The third-order valence-corrected chi connectivity index (χ3v) is 5.89. The molecule has 2 heterocycles. The number of ether oxygens (including phenoxy) is 2. The van der Waals surface area contributed by atoms with Crippen molar-refractivity contribution in [2.45, 2.75) is 26.2 Å². The molecule has 0 aromatic carbocycles. The molecule has 0 spiro atoms. The quantitative estimate of drug-likeness (QED) is 0.392. The molecule has 0 N–H and O–H groups in total. The molecule has 6 atom stereocenters. The summed E-state index contributed by atoms with van der Waals surface area (Å²) in [5.41, 5.74) is 1.56. The number of allylic oxidation sites excluding steroid dienone is 4. The highest BCUT2D eigenvalue weighted by Crippen LogP contribution is 2.51. The fourth-order valence-electron chi connectivity index (χ4n) is 4.68. The third-order valence-electron chi connectivity index (χ3n) is 5.89. The summed E-state index contributed by atoms with van der Waals surface area (Å²) < 4.78 is 10.00. The van der Waals surface area contributed by atoms with Gasteiger partial charge in [-0.2, -0.15) is 0 Å². The van der Waals surface area contributed by atoms with Gasteiger partial charge in [0.25, 0.3) is 0 Å². The normalized spacial score (nSPS) is 44.1. The molecule has 2 saturated heterocycles. The number of fused-ring (bicyclic) bond motifs is 6. The highest BCUT2D eigenvalue weighted by molar-refractivity contribution is 5.98. The van der Waals surface area contributed by atoms with E-state index in [2.05, 4.69) is 17.7 Å². The second-order valence-electron chi connectivity index (χ2n) is 7.29. The average molecular weight is 302 g/mol. The van der Waals surface area contributed by atoms with Gasteiger partial charge < -0.3 is 9.47 Å². The fourth-order valence-corrected chi connectivity index (χ4v) is 4.68. The first-order valence-corrected chi connectivity index (χ1v) is 8.30. The molecule has 4 nitrogen and oxygen atoms in total. The van der Waals surface area contributed by atoms with E-state index in [1.54, 1.807) is 5.57 Å². The molecule has 3 fully saturated rings. The lowest BCUT2D eigenvalue weighted by Gasteiger charge is -2.21. The van der Waals surface area contributed by atoms with Gasteiger partial charge in [-0.25, -0.2) is 0 Å². The van der Waals surface area contributed by atoms with Crippen LogP contribution in [-0.2, 0) is 19.1 Å². The lowest BCUT2D eigenvalue weighted by molar-refractivity contribution is -0.154. The largest absolute Gasteiger partial charge is 0.393 e. The van der Waals surface area contributed by atoms with Crippen LogP contribution in [0, 0.1) is 35.5 Å². The van der Waals surface area contributed by atoms with E-state index in [9.17, 15) is 9.59 Å². The fraction of sp³-hybridized carbons (Fsp3) is 0.667. The molecule has 0 radical (unpaired) electrons. The molecule has 5 aliphatic rings. The maximum atomic E-state index is 11.2. The minimum atomic E-state index is -0.304. The van der Waals surface area contributed by atoms with Crippen molar-refractivity contribution in [2.75, 3.05) is 13.2 Å². The van der Waals surface area contributed by atoms with E-state index in [1.165, 1.54) is 12.8 Å². The van der Waals surface area contributed by atoms with Crippen molar-refractivity contribution in [3.63, 3.8) is 0 Å². The Labute approximate surface area is 130 Å². The van der Waals surface area contributed by atoms with Gasteiger partial charge in [0, 0.05) is 0 Å². The van der Waals surface area contributed by atoms with Crippen molar-refractivity contribution in [2.24, 2.45) is 35.5 Å². The summed E-state index contributed by atoms with van der Waals surface area (Å²) in [6.07, 6.45) is 9.98. The van der Waals surface area contributed by atoms with Gasteiger partial charge in [-0.15, -0.1) is 0 Å². The van der Waals surface area contributed by atoms with Crippen LogP contribution < -0.4 is 0 Å². The molecule has 2 bridgehead atoms. The summed E-state index contributed by atoms with van der Waals surface area (Å²) in [6, 6.07) is 0. The first-order valence-electron chi connectivity index (χ1n) is 8.30. The van der Waals surface area contributed by atoms with Crippen molar-refractivity contribution in [3.05, 3.63) is 23.8 Å². The molecule has 3 aliphatic carbocycles. The average Bonchev–Trinajstić information content (AvgIpc) is 3.23. The molecule has 0 aromatic rings. The summed E-state index contributed by atoms with van der Waals surface area (Å²) >= 11 is 0. The van der Waals surface area contributed by atoms with Crippen molar-refractivity contribution in [1.82, 2.24) is 0 Å². The Bertz CT molecular complexity index is 533. The highest BCUT2D eigenvalue weighted by Gasteiger charge is 2.57. The SMILES string of the molecule is CC1=CCC2COCC2C1.O=C1OC(=O)C2C3C=CC(C3)C12. The lowest BCUT2D eigenvalue weighted by atomic mass is 9.83. The van der Waals surface area contributed by atoms with Crippen molar-refractivity contribution in [3.8, 4) is 0 Å². The van der Waals surface area contributed by atoms with Gasteiger partial charge in [0.05, 0.1) is 25.0 Å². The van der Waals surface area contributed by atoms with E-state index in [-0.39, 0.29) is 35.6 Å². The Morgan fingerprint density at radius 3 is 2.32 bits per heavy atom. The highest BCUT2D eigenvalue weighted by atomic mass is 16.6. The van der Waals surface area contributed by atoms with E-state index in [4.69, 9.17) is 4.74 Å². The zero-order chi connectivity index (χ0) is 15.3. The van der Waals surface area contributed by atoms with E-state index >= 15 is 0 Å². The molecule has 2 aliphatic heterocycles. The maximum absolute atomic E-state index is 11.2. The van der Waals surface area contributed by atoms with Gasteiger partial charge in [0.15, 0.2) is 0 Å². The first kappa shape index (κ1) is 14.2. The van der Waals surface area contributed by atoms with Gasteiger partial charge in [-0.3, -0.25) is 9.59 Å². The van der Waals surface area contributed by atoms with Gasteiger partial charge in [-0.1, -0.05) is 23.8 Å². The standard InChI is InChI=1S/C9H8O3.C9H14O/c10-8-6-4-1-2-5(3-4)7(6)9(11)12-8;1-7-2-3-8-5-10-6-9(8)4-7/h1-2,4-7H,3H2;2,8-9H,3-6H2,1H3. The topological polar surface area (TPSA) is 52.6 Å². The van der Waals surface area contributed by atoms with Gasteiger partial charge in [-0.05, 0) is 49.9 Å². The zero-order valence-corrected chi connectivity index (χ0v) is 12.9. The molecule has 4 heteroatoms. The van der Waals surface area contributed by atoms with Gasteiger partial charge >= 0.3 is 11.9 Å². The van der Waals surface area contributed by atoms with Crippen LogP contribution >= 0.6 is 0 Å². The maximum Gasteiger partial charge on any atom is 0.318 e. The summed E-state index contributed by atoms with van der Waals surface area (Å²) in [7, 11) is 0. The number of hydrogen-bond donors (Lipinski definition) is 0. The zero-order valence-electron chi connectivity index (χ0n) is 12.9. The number of carbonyl (C=O) groups is 2. The summed E-state index contributed by atoms with van der Waals surface area (Å²) in [4.78, 5) is 22.4. The Hall–Kier alpha value is -1.42. The number of carbonyl (C=O) groups excluding carboxylic acids is 2. The molecular formula is C18H22O4. The van der Waals surface area contributed by atoms with Crippen LogP contribution in [0.2, 0.25) is 0 Å². The van der Waals surface area contributed by atoms with Crippen molar-refractivity contribution in [1.29, 1.82) is 0 Å². The molecule has 5 rings (SSSR count). The molecule has 22 heavy (non-hydrogen) atoms. The van der Waals surface area contributed by atoms with E-state index in [0.717, 1.165) is 31.5 Å². The van der Waals surface area contributed by atoms with Crippen LogP contribution in [0.15, 0.2) is 23.8 Å². The molecule has 1 saturated carbocycles. The van der Waals surface area contributed by atoms with Crippen LogP contribution in [0.1, 0.15) is 26.2 Å². The van der Waals surface area contributed by atoms with E-state index in [1.807, 2.05) is 12.2 Å². The van der Waals surface area contributed by atoms with Crippen LogP contribution in [0.25, 0.3) is 0 Å². The predicted octanol–water partition coefficient (Wildman–Crippen LogP) is 2.50. The number of esters is 2. The molecule has 118 valence electrons. The number of cyclic esters (lactones) is 2. The molecular weight excluding hydrogens is 280 g/mol. The Morgan fingerprint density at radius 1 is 1.00 bits per heavy atom. The second kappa shape index (κ2) is 5.34. The van der Waals surface area contributed by atoms with Crippen molar-refractivity contribution < 1.29 is 19.1 Å². The first-order chi connectivity index (χ1) is 10.6. The second-order valence-corrected chi connectivity index (χ2v) is 7.29. The smallest absolute Gasteiger partial charge is 0.318 e. The van der Waals surface area contributed by atoms with Crippen LogP contribution in [0.3, 0.4) is 0 Å². The third kappa shape index (κ3) is 2.24. The van der Waals surface area contributed by atoms with E-state index < -0.39 is 0 Å².